The molecule has 0 aromatic heterocycles. The van der Waals surface area contributed by atoms with Crippen LogP contribution in [0, 0.1) is 3.57 Å². The van der Waals surface area contributed by atoms with Crippen LogP contribution >= 0.6 is 22.6 Å². The van der Waals surface area contributed by atoms with E-state index >= 15 is 0 Å². The summed E-state index contributed by atoms with van der Waals surface area (Å²) in [6.45, 7) is 2.68. The zero-order chi connectivity index (χ0) is 11.0. The molecule has 0 N–H and O–H groups in total. The van der Waals surface area contributed by atoms with E-state index < -0.39 is 0 Å². The lowest BCUT2D eigenvalue weighted by atomic mass is 10.1. The van der Waals surface area contributed by atoms with Gasteiger partial charge in [0.15, 0.2) is 11.5 Å². The molecule has 2 aliphatic heterocycles. The Kier molecular flexibility index (Phi) is 2.83. The molecule has 0 radical (unpaired) electrons. The van der Waals surface area contributed by atoms with E-state index in [1.165, 1.54) is 28.5 Å². The molecular weight excluding hydrogens is 317 g/mol. The summed E-state index contributed by atoms with van der Waals surface area (Å²) in [6, 6.07) is 4.20. The second-order valence-corrected chi connectivity index (χ2v) is 5.37. The van der Waals surface area contributed by atoms with E-state index in [1.54, 1.807) is 0 Å². The van der Waals surface area contributed by atoms with Crippen molar-refractivity contribution in [2.45, 2.75) is 19.3 Å². The van der Waals surface area contributed by atoms with Gasteiger partial charge < -0.3 is 14.4 Å². The lowest BCUT2D eigenvalue weighted by molar-refractivity contribution is 0.174. The minimum absolute atomic E-state index is 0.356. The average Bonchev–Trinajstić information content (AvgIpc) is 2.76. The van der Waals surface area contributed by atoms with Gasteiger partial charge >= 0.3 is 0 Å². The number of anilines is 1. The fourth-order valence-corrected chi connectivity index (χ4v) is 3.06. The normalized spacial score (nSPS) is 18.9. The molecule has 1 fully saturated rings. The Morgan fingerprint density at radius 1 is 1.00 bits per heavy atom. The van der Waals surface area contributed by atoms with Gasteiger partial charge in [-0.1, -0.05) is 0 Å². The molecule has 4 heteroatoms. The molecule has 0 unspecified atom stereocenters. The van der Waals surface area contributed by atoms with Crippen molar-refractivity contribution >= 4 is 28.3 Å². The van der Waals surface area contributed by atoms with Crippen LogP contribution in [0.5, 0.6) is 11.5 Å². The largest absolute Gasteiger partial charge is 0.454 e. The Labute approximate surface area is 109 Å². The van der Waals surface area contributed by atoms with Crippen molar-refractivity contribution < 1.29 is 9.47 Å². The lowest BCUT2D eigenvalue weighted by Gasteiger charge is -2.29. The number of hydrogen-bond donors (Lipinski definition) is 0. The standard InChI is InChI=1S/C12H14INO2/c13-9-6-11-12(16-8-15-11)7-10(9)14-4-2-1-3-5-14/h6-7H,1-5,8H2. The van der Waals surface area contributed by atoms with Crippen LogP contribution < -0.4 is 14.4 Å². The third-order valence-corrected chi connectivity index (χ3v) is 4.00. The van der Waals surface area contributed by atoms with Crippen molar-refractivity contribution in [3.63, 3.8) is 0 Å². The van der Waals surface area contributed by atoms with E-state index in [1.807, 2.05) is 0 Å². The first-order chi connectivity index (χ1) is 7.84. The van der Waals surface area contributed by atoms with Crippen molar-refractivity contribution in [2.75, 3.05) is 24.8 Å². The van der Waals surface area contributed by atoms with Gasteiger partial charge in [0.05, 0.1) is 5.69 Å². The van der Waals surface area contributed by atoms with Crippen LogP contribution in [0.3, 0.4) is 0 Å². The molecule has 0 saturated carbocycles. The molecule has 3 nitrogen and oxygen atoms in total. The van der Waals surface area contributed by atoms with Crippen molar-refractivity contribution in [1.82, 2.24) is 0 Å². The van der Waals surface area contributed by atoms with Crippen LogP contribution in [0.25, 0.3) is 0 Å². The van der Waals surface area contributed by atoms with E-state index in [0.717, 1.165) is 24.6 Å². The van der Waals surface area contributed by atoms with Gasteiger partial charge in [0, 0.05) is 22.7 Å². The van der Waals surface area contributed by atoms with Crippen LogP contribution in [0.2, 0.25) is 0 Å². The highest BCUT2D eigenvalue weighted by Crippen LogP contribution is 2.39. The molecule has 0 spiro atoms. The monoisotopic (exact) mass is 331 g/mol. The lowest BCUT2D eigenvalue weighted by Crippen LogP contribution is -2.29. The highest BCUT2D eigenvalue weighted by Gasteiger charge is 2.20. The van der Waals surface area contributed by atoms with Gasteiger partial charge in [-0.2, -0.15) is 0 Å². The van der Waals surface area contributed by atoms with Gasteiger partial charge in [-0.3, -0.25) is 0 Å². The Morgan fingerprint density at radius 2 is 1.69 bits per heavy atom. The molecule has 3 rings (SSSR count). The van der Waals surface area contributed by atoms with E-state index in [9.17, 15) is 0 Å². The van der Waals surface area contributed by atoms with Gasteiger partial charge in [-0.15, -0.1) is 0 Å². The summed E-state index contributed by atoms with van der Waals surface area (Å²) in [6.07, 6.45) is 3.95. The summed E-state index contributed by atoms with van der Waals surface area (Å²) in [5.74, 6) is 1.77. The maximum Gasteiger partial charge on any atom is 0.231 e. The fourth-order valence-electron chi connectivity index (χ4n) is 2.28. The Balaban J connectivity index is 1.94. The zero-order valence-electron chi connectivity index (χ0n) is 9.04. The molecule has 0 aliphatic carbocycles. The molecule has 1 aromatic rings. The first-order valence-corrected chi connectivity index (χ1v) is 6.76. The first kappa shape index (κ1) is 10.5. The third-order valence-electron chi connectivity index (χ3n) is 3.14. The molecule has 86 valence electrons. The molecule has 0 atom stereocenters. The number of nitrogens with zero attached hydrogens (tertiary/aromatic N) is 1. The highest BCUT2D eigenvalue weighted by atomic mass is 127. The molecule has 16 heavy (non-hydrogen) atoms. The predicted octanol–water partition coefficient (Wildman–Crippen LogP) is 3.01. The Morgan fingerprint density at radius 3 is 2.44 bits per heavy atom. The number of rotatable bonds is 1. The third kappa shape index (κ3) is 1.83. The Bertz CT molecular complexity index is 402. The van der Waals surface area contributed by atoms with Crippen LogP contribution in [0.1, 0.15) is 19.3 Å². The summed E-state index contributed by atoms with van der Waals surface area (Å²) in [7, 11) is 0. The van der Waals surface area contributed by atoms with Crippen molar-refractivity contribution in [3.05, 3.63) is 15.7 Å². The molecule has 2 heterocycles. The molecule has 1 saturated heterocycles. The second kappa shape index (κ2) is 4.31. The van der Waals surface area contributed by atoms with Gasteiger partial charge in [0.2, 0.25) is 6.79 Å². The summed E-state index contributed by atoms with van der Waals surface area (Å²) in [5.41, 5.74) is 1.30. The summed E-state index contributed by atoms with van der Waals surface area (Å²) < 4.78 is 12.1. The average molecular weight is 331 g/mol. The second-order valence-electron chi connectivity index (χ2n) is 4.20. The fraction of sp³-hybridized carbons (Fsp3) is 0.500. The molecule has 1 aromatic carbocycles. The quantitative estimate of drug-likeness (QED) is 0.739. The number of benzene rings is 1. The van der Waals surface area contributed by atoms with E-state index in [0.29, 0.717) is 6.79 Å². The summed E-state index contributed by atoms with van der Waals surface area (Å²) >= 11 is 2.38. The van der Waals surface area contributed by atoms with Gasteiger partial charge in [0.25, 0.3) is 0 Å². The molecular formula is C12H14INO2. The molecule has 0 amide bonds. The number of halogens is 1. The predicted molar refractivity (Wildman–Crippen MR) is 71.3 cm³/mol. The molecule has 0 bridgehead atoms. The summed E-state index contributed by atoms with van der Waals surface area (Å²) in [5, 5.41) is 0. The highest BCUT2D eigenvalue weighted by molar-refractivity contribution is 14.1. The van der Waals surface area contributed by atoms with Crippen molar-refractivity contribution in [3.8, 4) is 11.5 Å². The number of ether oxygens (including phenoxy) is 2. The molecule has 2 aliphatic rings. The van der Waals surface area contributed by atoms with E-state index in [-0.39, 0.29) is 0 Å². The van der Waals surface area contributed by atoms with Gasteiger partial charge in [-0.25, -0.2) is 0 Å². The minimum atomic E-state index is 0.356. The number of hydrogen-bond acceptors (Lipinski definition) is 3. The van der Waals surface area contributed by atoms with Crippen LogP contribution in [0.15, 0.2) is 12.1 Å². The minimum Gasteiger partial charge on any atom is -0.454 e. The van der Waals surface area contributed by atoms with E-state index in [2.05, 4.69) is 39.6 Å². The number of fused-ring (bicyclic) bond motifs is 1. The summed E-state index contributed by atoms with van der Waals surface area (Å²) in [4.78, 5) is 2.45. The smallest absolute Gasteiger partial charge is 0.231 e. The van der Waals surface area contributed by atoms with Crippen molar-refractivity contribution in [1.29, 1.82) is 0 Å². The van der Waals surface area contributed by atoms with Gasteiger partial charge in [-0.05, 0) is 47.9 Å². The van der Waals surface area contributed by atoms with Crippen LogP contribution in [0.4, 0.5) is 5.69 Å². The maximum atomic E-state index is 5.43. The van der Waals surface area contributed by atoms with E-state index in [4.69, 9.17) is 9.47 Å². The maximum absolute atomic E-state index is 5.43. The Hall–Kier alpha value is -0.650. The number of piperidine rings is 1. The first-order valence-electron chi connectivity index (χ1n) is 5.69. The topological polar surface area (TPSA) is 21.7 Å². The van der Waals surface area contributed by atoms with Crippen LogP contribution in [-0.4, -0.2) is 19.9 Å². The van der Waals surface area contributed by atoms with Crippen LogP contribution in [-0.2, 0) is 0 Å². The SMILES string of the molecule is Ic1cc2c(cc1N1CCCCC1)OCO2. The van der Waals surface area contributed by atoms with Crippen molar-refractivity contribution in [2.24, 2.45) is 0 Å². The van der Waals surface area contributed by atoms with Gasteiger partial charge in [0.1, 0.15) is 0 Å². The zero-order valence-corrected chi connectivity index (χ0v) is 11.2.